The van der Waals surface area contributed by atoms with Crippen LogP contribution in [0.15, 0.2) is 24.3 Å². The molecule has 0 heterocycles. The second-order valence-corrected chi connectivity index (χ2v) is 3.22. The molecule has 0 bridgehead atoms. The van der Waals surface area contributed by atoms with Gasteiger partial charge in [-0.05, 0) is 12.0 Å². The Labute approximate surface area is 91.0 Å². The van der Waals surface area contributed by atoms with E-state index in [1.807, 2.05) is 24.3 Å². The molecule has 1 rings (SSSR count). The molecule has 0 amide bonds. The van der Waals surface area contributed by atoms with E-state index in [0.29, 0.717) is 0 Å². The van der Waals surface area contributed by atoms with Crippen molar-refractivity contribution < 1.29 is 14.2 Å². The Bertz CT molecular complexity index is 280. The van der Waals surface area contributed by atoms with E-state index in [2.05, 4.69) is 6.92 Å². The molecule has 0 aromatic heterocycles. The Morgan fingerprint density at radius 1 is 0.933 bits per heavy atom. The number of rotatable bonds is 5. The lowest BCUT2D eigenvalue weighted by molar-refractivity contribution is -0.364. The van der Waals surface area contributed by atoms with Gasteiger partial charge in [0.2, 0.25) is 0 Å². The third kappa shape index (κ3) is 2.37. The maximum Gasteiger partial charge on any atom is 0.311 e. The smallest absolute Gasteiger partial charge is 0.311 e. The van der Waals surface area contributed by atoms with Crippen molar-refractivity contribution in [3.05, 3.63) is 35.4 Å². The molecule has 0 aliphatic heterocycles. The van der Waals surface area contributed by atoms with Crippen molar-refractivity contribution in [2.24, 2.45) is 0 Å². The van der Waals surface area contributed by atoms with Crippen molar-refractivity contribution >= 4 is 0 Å². The lowest BCUT2D eigenvalue weighted by atomic mass is 10.1. The fraction of sp³-hybridized carbons (Fsp3) is 0.500. The van der Waals surface area contributed by atoms with Gasteiger partial charge in [-0.3, -0.25) is 0 Å². The van der Waals surface area contributed by atoms with E-state index in [0.717, 1.165) is 12.0 Å². The molecular weight excluding hydrogens is 192 g/mol. The Kier molecular flexibility index (Phi) is 4.27. The topological polar surface area (TPSA) is 27.7 Å². The Balaban J connectivity index is 3.01. The minimum absolute atomic E-state index is 0.854. The van der Waals surface area contributed by atoms with Crippen molar-refractivity contribution in [1.82, 2.24) is 0 Å². The van der Waals surface area contributed by atoms with Crippen LogP contribution >= 0.6 is 0 Å². The zero-order chi connectivity index (χ0) is 11.3. The molecule has 0 aliphatic carbocycles. The van der Waals surface area contributed by atoms with Gasteiger partial charge >= 0.3 is 5.97 Å². The second kappa shape index (κ2) is 5.26. The van der Waals surface area contributed by atoms with Gasteiger partial charge < -0.3 is 14.2 Å². The van der Waals surface area contributed by atoms with Crippen LogP contribution in [0.25, 0.3) is 0 Å². The van der Waals surface area contributed by atoms with Crippen molar-refractivity contribution in [2.75, 3.05) is 21.3 Å². The van der Waals surface area contributed by atoms with Gasteiger partial charge in [0.25, 0.3) is 0 Å². The van der Waals surface area contributed by atoms with E-state index in [1.54, 1.807) is 21.3 Å². The summed E-state index contributed by atoms with van der Waals surface area (Å²) < 4.78 is 15.8. The predicted octanol–water partition coefficient (Wildman–Crippen LogP) is 2.30. The standard InChI is InChI=1S/C12H18O3/c1-5-10-6-8-11(9-7-10)12(13-2,14-3)15-4/h6-9H,5H2,1-4H3. The van der Waals surface area contributed by atoms with Gasteiger partial charge in [0, 0.05) is 26.9 Å². The van der Waals surface area contributed by atoms with Crippen LogP contribution in [-0.2, 0) is 26.6 Å². The number of ether oxygens (including phenoxy) is 3. The highest BCUT2D eigenvalue weighted by molar-refractivity contribution is 5.24. The summed E-state index contributed by atoms with van der Waals surface area (Å²) >= 11 is 0. The molecule has 0 unspecified atom stereocenters. The van der Waals surface area contributed by atoms with Gasteiger partial charge in [-0.15, -0.1) is 0 Å². The lowest BCUT2D eigenvalue weighted by Crippen LogP contribution is -2.32. The zero-order valence-corrected chi connectivity index (χ0v) is 9.74. The molecule has 0 radical (unpaired) electrons. The second-order valence-electron chi connectivity index (χ2n) is 3.22. The average molecular weight is 210 g/mol. The summed E-state index contributed by atoms with van der Waals surface area (Å²) in [5.41, 5.74) is 2.13. The predicted molar refractivity (Wildman–Crippen MR) is 58.5 cm³/mol. The first-order chi connectivity index (χ1) is 7.22. The number of hydrogen-bond donors (Lipinski definition) is 0. The average Bonchev–Trinajstić information content (AvgIpc) is 2.33. The fourth-order valence-electron chi connectivity index (χ4n) is 1.55. The van der Waals surface area contributed by atoms with Crippen molar-refractivity contribution in [2.45, 2.75) is 19.3 Å². The van der Waals surface area contributed by atoms with Crippen LogP contribution in [-0.4, -0.2) is 21.3 Å². The molecule has 1 aromatic carbocycles. The summed E-state index contributed by atoms with van der Waals surface area (Å²) in [6, 6.07) is 7.99. The molecule has 3 nitrogen and oxygen atoms in total. The Hall–Kier alpha value is -0.900. The molecule has 3 heteroatoms. The quantitative estimate of drug-likeness (QED) is 0.698. The first-order valence-corrected chi connectivity index (χ1v) is 4.97. The highest BCUT2D eigenvalue weighted by atomic mass is 16.9. The molecule has 0 saturated heterocycles. The monoisotopic (exact) mass is 210 g/mol. The highest BCUT2D eigenvalue weighted by Gasteiger charge is 2.31. The SMILES string of the molecule is CCc1ccc(C(OC)(OC)OC)cc1. The summed E-state index contributed by atoms with van der Waals surface area (Å²) in [6.07, 6.45) is 1.01. The van der Waals surface area contributed by atoms with Crippen LogP contribution in [0.1, 0.15) is 18.1 Å². The summed E-state index contributed by atoms with van der Waals surface area (Å²) in [6.45, 7) is 2.12. The van der Waals surface area contributed by atoms with Gasteiger partial charge in [0.15, 0.2) is 0 Å². The van der Waals surface area contributed by atoms with Crippen molar-refractivity contribution in [3.63, 3.8) is 0 Å². The van der Waals surface area contributed by atoms with Crippen molar-refractivity contribution in [3.8, 4) is 0 Å². The molecule has 0 aliphatic rings. The van der Waals surface area contributed by atoms with Gasteiger partial charge in [0.05, 0.1) is 0 Å². The molecular formula is C12H18O3. The minimum atomic E-state index is -1.09. The zero-order valence-electron chi connectivity index (χ0n) is 9.74. The molecule has 0 fully saturated rings. The third-order valence-corrected chi connectivity index (χ3v) is 2.52. The summed E-state index contributed by atoms with van der Waals surface area (Å²) in [5, 5.41) is 0. The lowest BCUT2D eigenvalue weighted by Gasteiger charge is -2.28. The van der Waals surface area contributed by atoms with Crippen molar-refractivity contribution in [1.29, 1.82) is 0 Å². The van der Waals surface area contributed by atoms with Crippen LogP contribution in [0.4, 0.5) is 0 Å². The largest absolute Gasteiger partial charge is 0.327 e. The van der Waals surface area contributed by atoms with Crippen LogP contribution < -0.4 is 0 Å². The maximum absolute atomic E-state index is 5.25. The van der Waals surface area contributed by atoms with Gasteiger partial charge in [0.1, 0.15) is 0 Å². The van der Waals surface area contributed by atoms with Crippen LogP contribution in [0, 0.1) is 0 Å². The van der Waals surface area contributed by atoms with Crippen LogP contribution in [0.2, 0.25) is 0 Å². The van der Waals surface area contributed by atoms with E-state index in [4.69, 9.17) is 14.2 Å². The molecule has 0 saturated carbocycles. The van der Waals surface area contributed by atoms with Crippen LogP contribution in [0.5, 0.6) is 0 Å². The van der Waals surface area contributed by atoms with Crippen LogP contribution in [0.3, 0.4) is 0 Å². The maximum atomic E-state index is 5.25. The first kappa shape index (κ1) is 12.2. The highest BCUT2D eigenvalue weighted by Crippen LogP contribution is 2.26. The number of hydrogen-bond acceptors (Lipinski definition) is 3. The molecule has 0 spiro atoms. The van der Waals surface area contributed by atoms with E-state index in [-0.39, 0.29) is 0 Å². The molecule has 0 N–H and O–H groups in total. The summed E-state index contributed by atoms with van der Waals surface area (Å²) in [5.74, 6) is -1.09. The first-order valence-electron chi connectivity index (χ1n) is 4.97. The summed E-state index contributed by atoms with van der Waals surface area (Å²) in [7, 11) is 4.67. The third-order valence-electron chi connectivity index (χ3n) is 2.52. The van der Waals surface area contributed by atoms with Gasteiger partial charge in [-0.25, -0.2) is 0 Å². The van der Waals surface area contributed by atoms with E-state index < -0.39 is 5.97 Å². The summed E-state index contributed by atoms with van der Waals surface area (Å²) in [4.78, 5) is 0. The molecule has 15 heavy (non-hydrogen) atoms. The normalized spacial score (nSPS) is 11.7. The van der Waals surface area contributed by atoms with Gasteiger partial charge in [-0.2, -0.15) is 0 Å². The Morgan fingerprint density at radius 3 is 1.73 bits per heavy atom. The minimum Gasteiger partial charge on any atom is -0.327 e. The van der Waals surface area contributed by atoms with E-state index in [1.165, 1.54) is 5.56 Å². The Morgan fingerprint density at radius 2 is 1.40 bits per heavy atom. The van der Waals surface area contributed by atoms with E-state index >= 15 is 0 Å². The molecule has 0 atom stereocenters. The number of benzene rings is 1. The van der Waals surface area contributed by atoms with Gasteiger partial charge in [-0.1, -0.05) is 31.2 Å². The fourth-order valence-corrected chi connectivity index (χ4v) is 1.55. The number of aryl methyl sites for hydroxylation is 1. The van der Waals surface area contributed by atoms with E-state index in [9.17, 15) is 0 Å². The number of methoxy groups -OCH3 is 3. The molecule has 1 aromatic rings. The molecule has 84 valence electrons.